The maximum atomic E-state index is 14.2. The maximum absolute atomic E-state index is 14.2. The van der Waals surface area contributed by atoms with Crippen LogP contribution in [0.15, 0.2) is 102 Å². The summed E-state index contributed by atoms with van der Waals surface area (Å²) < 4.78 is 39.9. The first-order valence-corrected chi connectivity index (χ1v) is 28.7. The van der Waals surface area contributed by atoms with E-state index in [4.69, 9.17) is 27.8 Å². The summed E-state index contributed by atoms with van der Waals surface area (Å²) in [5.74, 6) is -1.49. The van der Waals surface area contributed by atoms with E-state index in [2.05, 4.69) is 78.0 Å². The van der Waals surface area contributed by atoms with Crippen LogP contribution in [0.5, 0.6) is 17.2 Å². The molecule has 20 nitrogen and oxygen atoms in total. The number of ether oxygens (including phenoxy) is 4. The predicted octanol–water partition coefficient (Wildman–Crippen LogP) is 10.7. The molecule has 1 aliphatic heterocycles. The van der Waals surface area contributed by atoms with Gasteiger partial charge in [-0.1, -0.05) is 77.9 Å². The second-order valence-electron chi connectivity index (χ2n) is 20.1. The van der Waals surface area contributed by atoms with Gasteiger partial charge in [-0.05, 0) is 72.7 Å². The largest absolute Gasteiger partial charge is 0.485 e. The average molecular weight is 1010 g/mol. The number of nitrogens with zero attached hydrogens (tertiary/aromatic N) is 5. The summed E-state index contributed by atoms with van der Waals surface area (Å²) in [6.45, 7) is 20.6. The van der Waals surface area contributed by atoms with Crippen molar-refractivity contribution in [3.05, 3.63) is 160 Å². The maximum Gasteiger partial charge on any atom is 0.351 e. The molecule has 1 fully saturated rings. The molecule has 3 atom stereocenters. The van der Waals surface area contributed by atoms with Crippen LogP contribution in [0.3, 0.4) is 0 Å². The third-order valence-electron chi connectivity index (χ3n) is 13.2. The average Bonchev–Trinajstić information content (AvgIpc) is 3.69. The number of nitro groups is 3. The highest BCUT2D eigenvalue weighted by Crippen LogP contribution is 2.44. The van der Waals surface area contributed by atoms with Crippen LogP contribution >= 0.6 is 0 Å². The summed E-state index contributed by atoms with van der Waals surface area (Å²) >= 11 is 0. The van der Waals surface area contributed by atoms with Crippen LogP contribution in [0, 0.1) is 30.3 Å². The van der Waals surface area contributed by atoms with E-state index >= 15 is 0 Å². The Labute approximate surface area is 412 Å². The molecule has 1 aromatic heterocycles. The lowest BCUT2D eigenvalue weighted by molar-refractivity contribution is -0.386. The second kappa shape index (κ2) is 21.6. The number of nitrogens with one attached hydrogen (secondary N) is 1. The minimum atomic E-state index is -2.30. The quantitative estimate of drug-likeness (QED) is 0.0432. The first kappa shape index (κ1) is 53.5. The van der Waals surface area contributed by atoms with Crippen molar-refractivity contribution in [1.82, 2.24) is 9.55 Å². The third-order valence-corrected chi connectivity index (χ3v) is 22.2. The third kappa shape index (κ3) is 12.9. The molecule has 0 unspecified atom stereocenters. The van der Waals surface area contributed by atoms with Gasteiger partial charge < -0.3 is 33.1 Å². The molecular weight excluding hydrogens is 953 g/mol. The van der Waals surface area contributed by atoms with E-state index in [1.807, 2.05) is 0 Å². The van der Waals surface area contributed by atoms with Crippen molar-refractivity contribution in [2.45, 2.75) is 122 Å². The van der Waals surface area contributed by atoms with Crippen LogP contribution in [0.1, 0.15) is 81.2 Å². The van der Waals surface area contributed by atoms with Gasteiger partial charge in [0, 0.05) is 36.4 Å². The van der Waals surface area contributed by atoms with Crippen LogP contribution in [-0.2, 0) is 33.4 Å². The number of carbonyl (C=O) groups excluding carboxylic acids is 1. The molecule has 1 N–H and O–H groups in total. The predicted molar refractivity (Wildman–Crippen MR) is 269 cm³/mol. The smallest absolute Gasteiger partial charge is 0.351 e. The van der Waals surface area contributed by atoms with Gasteiger partial charge in [0.25, 0.3) is 23.0 Å². The number of aromatic nitrogens is 2. The molecule has 1 aliphatic rings. The Bertz CT molecular complexity index is 2760. The molecule has 1 amide bonds. The number of benzene rings is 4. The highest BCUT2D eigenvalue weighted by Gasteiger charge is 2.47. The molecule has 71 heavy (non-hydrogen) atoms. The topological polar surface area (TPSA) is 249 Å². The zero-order chi connectivity index (χ0) is 52.1. The van der Waals surface area contributed by atoms with Gasteiger partial charge in [0.2, 0.25) is 5.75 Å². The van der Waals surface area contributed by atoms with E-state index in [1.165, 1.54) is 83.6 Å². The van der Waals surface area contributed by atoms with Gasteiger partial charge >= 0.3 is 5.69 Å². The van der Waals surface area contributed by atoms with Crippen molar-refractivity contribution in [1.29, 1.82) is 0 Å². The number of carbonyl (C=O) groups is 1. The lowest BCUT2D eigenvalue weighted by Crippen LogP contribution is -2.48. The highest BCUT2D eigenvalue weighted by atomic mass is 28.4. The molecule has 22 heteroatoms. The van der Waals surface area contributed by atoms with Gasteiger partial charge in [-0.3, -0.25) is 39.7 Å². The molecule has 5 aromatic rings. The lowest BCUT2D eigenvalue weighted by atomic mass is 10.1. The zero-order valence-electron chi connectivity index (χ0n) is 41.5. The first-order valence-electron chi connectivity index (χ1n) is 22.9. The molecule has 0 saturated carbocycles. The summed E-state index contributed by atoms with van der Waals surface area (Å²) in [6, 6.07) is 21.5. The lowest BCUT2D eigenvalue weighted by Gasteiger charge is -2.40. The fourth-order valence-corrected chi connectivity index (χ4v) is 9.43. The minimum absolute atomic E-state index is 0.0504. The molecule has 378 valence electrons. The highest BCUT2D eigenvalue weighted by molar-refractivity contribution is 6.74. The minimum Gasteiger partial charge on any atom is -0.485 e. The van der Waals surface area contributed by atoms with E-state index in [0.29, 0.717) is 6.42 Å². The molecule has 1 saturated heterocycles. The summed E-state index contributed by atoms with van der Waals surface area (Å²) in [5, 5.41) is 38.3. The van der Waals surface area contributed by atoms with Gasteiger partial charge in [0.15, 0.2) is 28.1 Å². The molecule has 0 aliphatic carbocycles. The SMILES string of the molecule is CC(C)(C)[Si](C)(C)OC[C@H]1O[C@@H](n2ccc(NC(=O)c3cc(OCc4ccccc4[N+](=O)[O-])c(OCc4ccccc4[N+](=O)[O-])c(OCc4ccccc4[N+](=O)[O-])c3)nc2=O)C[C@H]1O[Si](C)(C)C(C)(C)C. The van der Waals surface area contributed by atoms with Gasteiger partial charge in [0.1, 0.15) is 38.0 Å². The number of anilines is 1. The Hall–Kier alpha value is -6.86. The monoisotopic (exact) mass is 1010 g/mol. The molecule has 0 radical (unpaired) electrons. The van der Waals surface area contributed by atoms with Crippen molar-refractivity contribution < 1.29 is 47.4 Å². The van der Waals surface area contributed by atoms with Crippen molar-refractivity contribution in [2.75, 3.05) is 11.9 Å². The number of amides is 1. The second-order valence-corrected chi connectivity index (χ2v) is 29.7. The zero-order valence-corrected chi connectivity index (χ0v) is 43.5. The van der Waals surface area contributed by atoms with Crippen molar-refractivity contribution in [2.24, 2.45) is 0 Å². The molecule has 0 spiro atoms. The van der Waals surface area contributed by atoms with E-state index in [-0.39, 0.29) is 85.2 Å². The number of nitro benzene ring substituents is 3. The van der Waals surface area contributed by atoms with Crippen LogP contribution < -0.4 is 25.2 Å². The molecule has 4 aromatic carbocycles. The van der Waals surface area contributed by atoms with Gasteiger partial charge in [-0.25, -0.2) is 4.79 Å². The molecule has 2 heterocycles. The van der Waals surface area contributed by atoms with E-state index in [9.17, 15) is 39.9 Å². The normalized spacial score (nSPS) is 16.3. The van der Waals surface area contributed by atoms with Crippen LogP contribution in [0.4, 0.5) is 22.9 Å². The first-order chi connectivity index (χ1) is 33.3. The Morgan fingerprint density at radius 2 is 1.17 bits per heavy atom. The summed E-state index contributed by atoms with van der Waals surface area (Å²) in [4.78, 5) is 66.3. The molecule has 0 bridgehead atoms. The van der Waals surface area contributed by atoms with Crippen LogP contribution in [0.25, 0.3) is 0 Å². The Kier molecular flexibility index (Phi) is 16.3. The fourth-order valence-electron chi connectivity index (χ4n) is 7.06. The molecule has 6 rings (SSSR count). The number of para-hydroxylation sites is 3. The van der Waals surface area contributed by atoms with E-state index in [0.717, 1.165) is 0 Å². The van der Waals surface area contributed by atoms with E-state index in [1.54, 1.807) is 18.2 Å². The Morgan fingerprint density at radius 3 is 1.61 bits per heavy atom. The van der Waals surface area contributed by atoms with Crippen LogP contribution in [-0.4, -0.2) is 65.7 Å². The van der Waals surface area contributed by atoms with Crippen molar-refractivity contribution in [3.63, 3.8) is 0 Å². The summed E-state index contributed by atoms with van der Waals surface area (Å²) in [7, 11) is -4.49. The Morgan fingerprint density at radius 1 is 0.718 bits per heavy atom. The van der Waals surface area contributed by atoms with Gasteiger partial charge in [-0.15, -0.1) is 0 Å². The molecular formula is C49H60N6O14Si2. The fraction of sp³-hybridized carbons (Fsp3) is 0.408. The number of hydrogen-bond acceptors (Lipinski definition) is 15. The van der Waals surface area contributed by atoms with Crippen LogP contribution in [0.2, 0.25) is 36.3 Å². The van der Waals surface area contributed by atoms with Gasteiger partial charge in [-0.2, -0.15) is 4.98 Å². The number of hydrogen-bond donors (Lipinski definition) is 1. The van der Waals surface area contributed by atoms with Crippen molar-refractivity contribution in [3.8, 4) is 17.2 Å². The standard InChI is InChI=1S/C49H60N6O14Si2/c1-48(2,3)70(7,8)67-31-42-39(69-71(9,10)49(4,5)6)27-44(68-42)52-24-23-43(51-47(52)57)50-46(56)35-25-40(64-28-32-17-11-14-20-36(32)53(58)59)45(66-30-34-19-13-16-22-38(34)55(62)63)41(26-35)65-29-33-18-12-15-21-37(33)54(60)61/h11-26,39,42,44H,27-31H2,1-10H3,(H,50,51,56,57)/t39-,42-,44-/m1/s1. The Balaban J connectivity index is 1.34. The number of rotatable bonds is 20. The summed E-state index contributed by atoms with van der Waals surface area (Å²) in [6.07, 6.45) is 0.214. The van der Waals surface area contributed by atoms with Gasteiger partial charge in [0.05, 0.1) is 44.2 Å². The van der Waals surface area contributed by atoms with E-state index < -0.39 is 75.2 Å². The van der Waals surface area contributed by atoms with Crippen molar-refractivity contribution >= 4 is 45.4 Å². The summed E-state index contributed by atoms with van der Waals surface area (Å²) in [5.41, 5.74) is -1.15.